The van der Waals surface area contributed by atoms with Gasteiger partial charge in [0.05, 0.1) is 0 Å². The summed E-state index contributed by atoms with van der Waals surface area (Å²) in [6, 6.07) is 12.5. The van der Waals surface area contributed by atoms with Crippen molar-refractivity contribution in [2.45, 2.75) is 59.7 Å². The molecule has 0 aliphatic heterocycles. The molecule has 2 aromatic rings. The predicted molar refractivity (Wildman–Crippen MR) is 121 cm³/mol. The maximum atomic E-state index is 13.1. The molecule has 1 N–H and O–H groups in total. The monoisotopic (exact) mass is 430 g/mol. The maximum Gasteiger partial charge on any atom is 0.261 e. The van der Waals surface area contributed by atoms with Crippen molar-refractivity contribution in [3.8, 4) is 5.75 Å². The molecule has 2 atom stereocenters. The van der Waals surface area contributed by atoms with Crippen LogP contribution >= 0.6 is 11.6 Å². The number of carbonyl (C=O) groups is 2. The molecule has 2 amide bonds. The molecule has 0 unspecified atom stereocenters. The number of ether oxygens (including phenoxy) is 1. The number of nitrogens with one attached hydrogen (secondary N) is 1. The predicted octanol–water partition coefficient (Wildman–Crippen LogP) is 4.67. The molecule has 0 spiro atoms. The maximum absolute atomic E-state index is 13.1. The lowest BCUT2D eigenvalue weighted by atomic mass is 10.1. The second kappa shape index (κ2) is 11.0. The van der Waals surface area contributed by atoms with Crippen LogP contribution < -0.4 is 10.1 Å². The summed E-state index contributed by atoms with van der Waals surface area (Å²) in [6.07, 6.45) is 0.823. The number of hydrogen-bond donors (Lipinski definition) is 1. The number of amides is 2. The van der Waals surface area contributed by atoms with Crippen molar-refractivity contribution in [2.75, 3.05) is 6.61 Å². The largest absolute Gasteiger partial charge is 0.484 e. The fourth-order valence-electron chi connectivity index (χ4n) is 2.95. The van der Waals surface area contributed by atoms with E-state index in [4.69, 9.17) is 16.3 Å². The third-order valence-electron chi connectivity index (χ3n) is 5.26. The van der Waals surface area contributed by atoms with E-state index in [9.17, 15) is 9.59 Å². The van der Waals surface area contributed by atoms with Crippen LogP contribution in [0.15, 0.2) is 42.5 Å². The van der Waals surface area contributed by atoms with E-state index in [2.05, 4.69) is 5.32 Å². The zero-order valence-corrected chi connectivity index (χ0v) is 19.1. The van der Waals surface area contributed by atoms with Crippen LogP contribution in [-0.2, 0) is 16.1 Å². The number of carbonyl (C=O) groups excluding carboxylic acids is 2. The molecular formula is C24H31ClN2O3. The Bertz CT molecular complexity index is 885. The van der Waals surface area contributed by atoms with Gasteiger partial charge < -0.3 is 15.0 Å². The highest BCUT2D eigenvalue weighted by molar-refractivity contribution is 6.31. The van der Waals surface area contributed by atoms with Gasteiger partial charge >= 0.3 is 0 Å². The van der Waals surface area contributed by atoms with E-state index < -0.39 is 6.04 Å². The van der Waals surface area contributed by atoms with Crippen LogP contribution in [0.3, 0.4) is 0 Å². The number of benzene rings is 2. The molecule has 0 fully saturated rings. The molecule has 30 heavy (non-hydrogen) atoms. The highest BCUT2D eigenvalue weighted by Gasteiger charge is 2.27. The van der Waals surface area contributed by atoms with Gasteiger partial charge in [0, 0.05) is 17.6 Å². The van der Waals surface area contributed by atoms with Crippen molar-refractivity contribution in [2.24, 2.45) is 0 Å². The molecule has 162 valence electrons. The van der Waals surface area contributed by atoms with Gasteiger partial charge in [-0.3, -0.25) is 9.59 Å². The molecule has 0 bridgehead atoms. The lowest BCUT2D eigenvalue weighted by Gasteiger charge is -2.30. The van der Waals surface area contributed by atoms with Crippen LogP contribution in [0.1, 0.15) is 43.9 Å². The van der Waals surface area contributed by atoms with Crippen LogP contribution in [0.4, 0.5) is 0 Å². The van der Waals surface area contributed by atoms with Gasteiger partial charge in [0.15, 0.2) is 6.61 Å². The van der Waals surface area contributed by atoms with Gasteiger partial charge in [-0.1, -0.05) is 42.8 Å². The minimum atomic E-state index is -0.623. The summed E-state index contributed by atoms with van der Waals surface area (Å²) in [5, 5.41) is 3.61. The van der Waals surface area contributed by atoms with Crippen molar-refractivity contribution >= 4 is 23.4 Å². The van der Waals surface area contributed by atoms with Crippen LogP contribution in [0.25, 0.3) is 0 Å². The number of aryl methyl sites for hydroxylation is 2. The minimum Gasteiger partial charge on any atom is -0.484 e. The molecule has 0 saturated heterocycles. The van der Waals surface area contributed by atoms with Crippen LogP contribution in [0.2, 0.25) is 5.02 Å². The van der Waals surface area contributed by atoms with Crippen molar-refractivity contribution in [3.63, 3.8) is 0 Å². The Balaban J connectivity index is 2.18. The molecule has 0 heterocycles. The standard InChI is InChI=1S/C24H31ClN2O3/c1-6-18(4)26-24(29)19(5)27(14-20-10-8-7-9-16(20)2)23(28)15-30-21-11-12-22(25)17(3)13-21/h7-13,18-19H,6,14-15H2,1-5H3,(H,26,29)/t18-,19-/m1/s1. The van der Waals surface area contributed by atoms with Gasteiger partial charge in [0.2, 0.25) is 5.91 Å². The van der Waals surface area contributed by atoms with E-state index in [0.29, 0.717) is 17.3 Å². The highest BCUT2D eigenvalue weighted by Crippen LogP contribution is 2.21. The summed E-state index contributed by atoms with van der Waals surface area (Å²) in [6.45, 7) is 9.76. The molecule has 0 radical (unpaired) electrons. The first-order chi connectivity index (χ1) is 14.2. The topological polar surface area (TPSA) is 58.6 Å². The Labute approximate surface area is 184 Å². The lowest BCUT2D eigenvalue weighted by Crippen LogP contribution is -2.50. The van der Waals surface area contributed by atoms with Crippen molar-refractivity contribution in [1.29, 1.82) is 0 Å². The van der Waals surface area contributed by atoms with Gasteiger partial charge in [-0.05, 0) is 69.0 Å². The average molecular weight is 431 g/mol. The lowest BCUT2D eigenvalue weighted by molar-refractivity contribution is -0.142. The molecule has 5 nitrogen and oxygen atoms in total. The average Bonchev–Trinajstić information content (AvgIpc) is 2.73. The summed E-state index contributed by atoms with van der Waals surface area (Å²) in [5.41, 5.74) is 2.94. The van der Waals surface area contributed by atoms with Crippen LogP contribution in [-0.4, -0.2) is 35.4 Å². The summed E-state index contributed by atoms with van der Waals surface area (Å²) < 4.78 is 5.70. The molecular weight excluding hydrogens is 400 g/mol. The second-order valence-corrected chi connectivity index (χ2v) is 8.05. The first-order valence-corrected chi connectivity index (χ1v) is 10.6. The number of halogens is 1. The number of nitrogens with zero attached hydrogens (tertiary/aromatic N) is 1. The molecule has 0 aliphatic rings. The molecule has 6 heteroatoms. The Morgan fingerprint density at radius 2 is 1.80 bits per heavy atom. The van der Waals surface area contributed by atoms with E-state index in [1.807, 2.05) is 52.0 Å². The third kappa shape index (κ3) is 6.49. The molecule has 0 aromatic heterocycles. The summed E-state index contributed by atoms with van der Waals surface area (Å²) >= 11 is 6.05. The number of rotatable bonds is 9. The third-order valence-corrected chi connectivity index (χ3v) is 5.69. The van der Waals surface area contributed by atoms with Gasteiger partial charge in [0.1, 0.15) is 11.8 Å². The highest BCUT2D eigenvalue weighted by atomic mass is 35.5. The van der Waals surface area contributed by atoms with E-state index in [0.717, 1.165) is 23.1 Å². The van der Waals surface area contributed by atoms with E-state index in [1.165, 1.54) is 0 Å². The molecule has 0 aliphatic carbocycles. The first kappa shape index (κ1) is 23.7. The van der Waals surface area contributed by atoms with Crippen LogP contribution in [0, 0.1) is 13.8 Å². The fourth-order valence-corrected chi connectivity index (χ4v) is 3.07. The normalized spacial score (nSPS) is 12.7. The zero-order chi connectivity index (χ0) is 22.3. The minimum absolute atomic E-state index is 0.0451. The van der Waals surface area contributed by atoms with Crippen molar-refractivity contribution in [3.05, 3.63) is 64.2 Å². The summed E-state index contributed by atoms with van der Waals surface area (Å²) in [4.78, 5) is 27.4. The fraction of sp³-hybridized carbons (Fsp3) is 0.417. The Kier molecular flexibility index (Phi) is 8.72. The van der Waals surface area contributed by atoms with Crippen molar-refractivity contribution in [1.82, 2.24) is 10.2 Å². The van der Waals surface area contributed by atoms with E-state index in [-0.39, 0.29) is 24.5 Å². The number of hydrogen-bond acceptors (Lipinski definition) is 3. The molecule has 2 rings (SSSR count). The van der Waals surface area contributed by atoms with Gasteiger partial charge in [-0.2, -0.15) is 0 Å². The van der Waals surface area contributed by atoms with Gasteiger partial charge in [0.25, 0.3) is 5.91 Å². The molecule has 2 aromatic carbocycles. The van der Waals surface area contributed by atoms with E-state index in [1.54, 1.807) is 30.0 Å². The molecule has 0 saturated carbocycles. The Hall–Kier alpha value is -2.53. The SMILES string of the molecule is CC[C@@H](C)NC(=O)[C@@H](C)N(Cc1ccccc1C)C(=O)COc1ccc(Cl)c(C)c1. The second-order valence-electron chi connectivity index (χ2n) is 7.64. The summed E-state index contributed by atoms with van der Waals surface area (Å²) in [5.74, 6) is 0.143. The van der Waals surface area contributed by atoms with Crippen LogP contribution in [0.5, 0.6) is 5.75 Å². The van der Waals surface area contributed by atoms with E-state index >= 15 is 0 Å². The Morgan fingerprint density at radius 1 is 1.10 bits per heavy atom. The van der Waals surface area contributed by atoms with Gasteiger partial charge in [-0.25, -0.2) is 0 Å². The Morgan fingerprint density at radius 3 is 2.43 bits per heavy atom. The quantitative estimate of drug-likeness (QED) is 0.629. The van der Waals surface area contributed by atoms with Crippen molar-refractivity contribution < 1.29 is 14.3 Å². The first-order valence-electron chi connectivity index (χ1n) is 10.3. The smallest absolute Gasteiger partial charge is 0.261 e. The summed E-state index contributed by atoms with van der Waals surface area (Å²) in [7, 11) is 0. The zero-order valence-electron chi connectivity index (χ0n) is 18.4. The van der Waals surface area contributed by atoms with Gasteiger partial charge in [-0.15, -0.1) is 0 Å².